The Morgan fingerprint density at radius 3 is 3.00 bits per heavy atom. The number of thioether (sulfide) groups is 1. The first-order chi connectivity index (χ1) is 10.6. The highest BCUT2D eigenvalue weighted by molar-refractivity contribution is 7.97. The van der Waals surface area contributed by atoms with E-state index in [1.54, 1.807) is 29.8 Å². The Morgan fingerprint density at radius 1 is 1.50 bits per heavy atom. The fourth-order valence-corrected chi connectivity index (χ4v) is 3.12. The number of ether oxygens (including phenoxy) is 1. The van der Waals surface area contributed by atoms with Crippen LogP contribution in [-0.4, -0.2) is 43.5 Å². The molecule has 0 saturated carbocycles. The molecular formula is C16H23FN2O2S. The number of likely N-dealkylation sites (N-methyl/N-ethyl adjacent to an activating group) is 1. The number of benzene rings is 1. The van der Waals surface area contributed by atoms with Gasteiger partial charge in [-0.05, 0) is 42.4 Å². The lowest BCUT2D eigenvalue weighted by molar-refractivity contribution is 0.0874. The van der Waals surface area contributed by atoms with Gasteiger partial charge in [0.1, 0.15) is 5.82 Å². The van der Waals surface area contributed by atoms with Gasteiger partial charge in [-0.15, -0.1) is 0 Å². The maximum Gasteiger partial charge on any atom is 0.317 e. The predicted octanol–water partition coefficient (Wildman–Crippen LogP) is 3.01. The zero-order valence-corrected chi connectivity index (χ0v) is 13.9. The smallest absolute Gasteiger partial charge is 0.317 e. The number of rotatable bonds is 6. The van der Waals surface area contributed by atoms with Gasteiger partial charge in [-0.2, -0.15) is 11.8 Å². The van der Waals surface area contributed by atoms with E-state index in [2.05, 4.69) is 5.32 Å². The quantitative estimate of drug-likeness (QED) is 0.874. The van der Waals surface area contributed by atoms with Crippen LogP contribution in [0.15, 0.2) is 18.2 Å². The van der Waals surface area contributed by atoms with Crippen LogP contribution in [-0.2, 0) is 17.0 Å². The fraction of sp³-hybridized carbons (Fsp3) is 0.562. The van der Waals surface area contributed by atoms with Gasteiger partial charge in [-0.1, -0.05) is 6.07 Å². The molecule has 1 unspecified atom stereocenters. The molecule has 1 aliphatic rings. The molecule has 0 spiro atoms. The van der Waals surface area contributed by atoms with Gasteiger partial charge in [-0.3, -0.25) is 0 Å². The fourth-order valence-electron chi connectivity index (χ4n) is 2.54. The zero-order chi connectivity index (χ0) is 15.9. The third-order valence-corrected chi connectivity index (χ3v) is 4.35. The van der Waals surface area contributed by atoms with Crippen LogP contribution >= 0.6 is 11.8 Å². The Morgan fingerprint density at radius 2 is 2.32 bits per heavy atom. The van der Waals surface area contributed by atoms with E-state index in [1.807, 2.05) is 6.26 Å². The van der Waals surface area contributed by atoms with Gasteiger partial charge in [0.05, 0.1) is 6.10 Å². The molecule has 1 atom stereocenters. The van der Waals surface area contributed by atoms with Gasteiger partial charge in [-0.25, -0.2) is 9.18 Å². The van der Waals surface area contributed by atoms with E-state index in [9.17, 15) is 9.18 Å². The van der Waals surface area contributed by atoms with Crippen molar-refractivity contribution in [2.45, 2.75) is 31.2 Å². The molecule has 1 saturated heterocycles. The lowest BCUT2D eigenvalue weighted by Crippen LogP contribution is -2.40. The summed E-state index contributed by atoms with van der Waals surface area (Å²) in [4.78, 5) is 13.8. The molecule has 22 heavy (non-hydrogen) atoms. The number of nitrogens with zero attached hydrogens (tertiary/aromatic N) is 1. The molecular weight excluding hydrogens is 303 g/mol. The van der Waals surface area contributed by atoms with Gasteiger partial charge in [0.15, 0.2) is 0 Å². The van der Waals surface area contributed by atoms with E-state index in [-0.39, 0.29) is 18.0 Å². The summed E-state index contributed by atoms with van der Waals surface area (Å²) < 4.78 is 18.8. The van der Waals surface area contributed by atoms with Crippen molar-refractivity contribution in [1.82, 2.24) is 10.2 Å². The van der Waals surface area contributed by atoms with Gasteiger partial charge in [0, 0.05) is 32.5 Å². The first-order valence-corrected chi connectivity index (χ1v) is 8.86. The molecule has 2 amide bonds. The zero-order valence-electron chi connectivity index (χ0n) is 13.1. The van der Waals surface area contributed by atoms with E-state index >= 15 is 0 Å². The molecule has 0 radical (unpaired) electrons. The molecule has 0 aliphatic carbocycles. The average molecular weight is 326 g/mol. The summed E-state index contributed by atoms with van der Waals surface area (Å²) in [7, 11) is 1.77. The minimum absolute atomic E-state index is 0.130. The summed E-state index contributed by atoms with van der Waals surface area (Å²) in [6.07, 6.45) is 4.19. The van der Waals surface area contributed by atoms with Crippen LogP contribution in [0.5, 0.6) is 0 Å². The maximum atomic E-state index is 13.3. The Hall–Kier alpha value is -1.27. The lowest BCUT2D eigenvalue weighted by Gasteiger charge is -2.21. The molecule has 4 nitrogen and oxygen atoms in total. The molecule has 1 N–H and O–H groups in total. The molecule has 6 heteroatoms. The van der Waals surface area contributed by atoms with Crippen LogP contribution in [0.25, 0.3) is 0 Å². The van der Waals surface area contributed by atoms with Crippen LogP contribution in [0.3, 0.4) is 0 Å². The highest BCUT2D eigenvalue weighted by Gasteiger charge is 2.20. The second kappa shape index (κ2) is 8.39. The molecule has 1 aromatic carbocycles. The van der Waals surface area contributed by atoms with Crippen molar-refractivity contribution < 1.29 is 13.9 Å². The van der Waals surface area contributed by atoms with Crippen molar-refractivity contribution >= 4 is 17.8 Å². The third kappa shape index (κ3) is 4.88. The predicted molar refractivity (Wildman–Crippen MR) is 87.5 cm³/mol. The van der Waals surface area contributed by atoms with Gasteiger partial charge in [0.2, 0.25) is 0 Å². The van der Waals surface area contributed by atoms with Crippen molar-refractivity contribution in [2.75, 3.05) is 26.5 Å². The van der Waals surface area contributed by atoms with Crippen LogP contribution in [0.1, 0.15) is 24.0 Å². The number of carbonyl (C=O) groups is 1. The monoisotopic (exact) mass is 326 g/mol. The van der Waals surface area contributed by atoms with Crippen molar-refractivity contribution in [1.29, 1.82) is 0 Å². The summed E-state index contributed by atoms with van der Waals surface area (Å²) in [5.41, 5.74) is 1.88. The van der Waals surface area contributed by atoms with E-state index in [0.717, 1.165) is 36.3 Å². The summed E-state index contributed by atoms with van der Waals surface area (Å²) >= 11 is 1.63. The minimum Gasteiger partial charge on any atom is -0.376 e. The number of hydrogen-bond acceptors (Lipinski definition) is 3. The molecule has 1 aliphatic heterocycles. The SMILES string of the molecule is CSCc1cc(F)ccc1CNC(=O)N(C)CC1CCCO1. The Balaban J connectivity index is 1.87. The highest BCUT2D eigenvalue weighted by atomic mass is 32.2. The van der Waals surface area contributed by atoms with Gasteiger partial charge in [0.25, 0.3) is 0 Å². The molecule has 122 valence electrons. The van der Waals surface area contributed by atoms with E-state index < -0.39 is 0 Å². The Bertz CT molecular complexity index is 507. The van der Waals surface area contributed by atoms with E-state index in [4.69, 9.17) is 4.74 Å². The summed E-state index contributed by atoms with van der Waals surface area (Å²) in [6.45, 7) is 1.80. The standard InChI is InChI=1S/C16H23FN2O2S/c1-19(10-15-4-3-7-21-15)16(20)18-9-12-5-6-14(17)8-13(12)11-22-2/h5-6,8,15H,3-4,7,9-11H2,1-2H3,(H,18,20). The Labute approximate surface area is 135 Å². The molecule has 2 rings (SSSR count). The normalized spacial score (nSPS) is 17.5. The van der Waals surface area contributed by atoms with Crippen LogP contribution in [0.2, 0.25) is 0 Å². The van der Waals surface area contributed by atoms with Crippen molar-refractivity contribution in [3.63, 3.8) is 0 Å². The summed E-state index contributed by atoms with van der Waals surface area (Å²) in [5, 5.41) is 2.89. The second-order valence-electron chi connectivity index (χ2n) is 5.52. The second-order valence-corrected chi connectivity index (χ2v) is 6.39. The van der Waals surface area contributed by atoms with Crippen LogP contribution in [0, 0.1) is 5.82 Å². The largest absolute Gasteiger partial charge is 0.376 e. The third-order valence-electron chi connectivity index (χ3n) is 3.75. The summed E-state index contributed by atoms with van der Waals surface area (Å²) in [6, 6.07) is 4.58. The number of amides is 2. The van der Waals surface area contributed by atoms with Crippen LogP contribution < -0.4 is 5.32 Å². The van der Waals surface area contributed by atoms with E-state index in [0.29, 0.717) is 13.1 Å². The first-order valence-electron chi connectivity index (χ1n) is 7.47. The first kappa shape index (κ1) is 17.1. The van der Waals surface area contributed by atoms with E-state index in [1.165, 1.54) is 12.1 Å². The van der Waals surface area contributed by atoms with Gasteiger partial charge >= 0.3 is 6.03 Å². The summed E-state index contributed by atoms with van der Waals surface area (Å²) in [5.74, 6) is 0.490. The molecule has 1 aromatic rings. The molecule has 0 bridgehead atoms. The molecule has 1 fully saturated rings. The van der Waals surface area contributed by atoms with Crippen molar-refractivity contribution in [3.8, 4) is 0 Å². The molecule has 1 heterocycles. The number of nitrogens with one attached hydrogen (secondary N) is 1. The highest BCUT2D eigenvalue weighted by Crippen LogP contribution is 2.17. The molecule has 0 aromatic heterocycles. The number of urea groups is 1. The average Bonchev–Trinajstić information content (AvgIpc) is 2.99. The Kier molecular flexibility index (Phi) is 6.51. The lowest BCUT2D eigenvalue weighted by atomic mass is 10.1. The van der Waals surface area contributed by atoms with Crippen molar-refractivity contribution in [2.24, 2.45) is 0 Å². The minimum atomic E-state index is -0.241. The number of halogens is 1. The van der Waals surface area contributed by atoms with Gasteiger partial charge < -0.3 is 15.0 Å². The maximum absolute atomic E-state index is 13.3. The topological polar surface area (TPSA) is 41.6 Å². The number of hydrogen-bond donors (Lipinski definition) is 1. The number of carbonyl (C=O) groups excluding carboxylic acids is 1. The van der Waals surface area contributed by atoms with Crippen LogP contribution in [0.4, 0.5) is 9.18 Å². The van der Waals surface area contributed by atoms with Crippen molar-refractivity contribution in [3.05, 3.63) is 35.1 Å².